The van der Waals surface area contributed by atoms with Crippen molar-refractivity contribution in [1.29, 1.82) is 0 Å². The number of carbonyl (C=O) groups excluding carboxylic acids is 1. The standard InChI is InChI=1S/C22H19ClN2O4/c1-13-4-3-5-18(10-13)29-21-19(11-17(23)12-24-21)20(26)25-14(2)15-6-8-16(9-7-15)22(27)28/h3-12,14H,1-2H3,(H,25,26)(H,27,28). The Morgan fingerprint density at radius 3 is 2.52 bits per heavy atom. The van der Waals surface area contributed by atoms with Gasteiger partial charge in [-0.05, 0) is 55.3 Å². The van der Waals surface area contributed by atoms with E-state index < -0.39 is 11.9 Å². The zero-order chi connectivity index (χ0) is 21.0. The highest BCUT2D eigenvalue weighted by Crippen LogP contribution is 2.26. The van der Waals surface area contributed by atoms with Crippen LogP contribution in [-0.2, 0) is 0 Å². The van der Waals surface area contributed by atoms with E-state index >= 15 is 0 Å². The lowest BCUT2D eigenvalue weighted by Crippen LogP contribution is -2.27. The minimum Gasteiger partial charge on any atom is -0.478 e. The summed E-state index contributed by atoms with van der Waals surface area (Å²) >= 11 is 6.04. The normalized spacial score (nSPS) is 11.6. The molecule has 0 aliphatic carbocycles. The first-order valence-electron chi connectivity index (χ1n) is 8.87. The first kappa shape index (κ1) is 20.4. The van der Waals surface area contributed by atoms with Crippen molar-refractivity contribution in [3.63, 3.8) is 0 Å². The first-order valence-corrected chi connectivity index (χ1v) is 9.25. The van der Waals surface area contributed by atoms with Gasteiger partial charge in [-0.15, -0.1) is 0 Å². The number of nitrogens with one attached hydrogen (secondary N) is 1. The van der Waals surface area contributed by atoms with E-state index in [2.05, 4.69) is 10.3 Å². The maximum atomic E-state index is 12.8. The van der Waals surface area contributed by atoms with Gasteiger partial charge in [-0.2, -0.15) is 0 Å². The number of hydrogen-bond acceptors (Lipinski definition) is 4. The average molecular weight is 411 g/mol. The van der Waals surface area contributed by atoms with Gasteiger partial charge in [-0.3, -0.25) is 4.79 Å². The molecule has 0 aliphatic heterocycles. The summed E-state index contributed by atoms with van der Waals surface area (Å²) in [7, 11) is 0. The second-order valence-electron chi connectivity index (χ2n) is 6.55. The molecule has 148 valence electrons. The van der Waals surface area contributed by atoms with E-state index in [0.29, 0.717) is 10.8 Å². The summed E-state index contributed by atoms with van der Waals surface area (Å²) in [5.74, 6) is -0.703. The number of carbonyl (C=O) groups is 2. The summed E-state index contributed by atoms with van der Waals surface area (Å²) in [5, 5.41) is 12.2. The molecule has 0 spiro atoms. The minimum absolute atomic E-state index is 0.144. The number of amides is 1. The summed E-state index contributed by atoms with van der Waals surface area (Å²) < 4.78 is 5.80. The van der Waals surface area contributed by atoms with Crippen LogP contribution in [0.1, 0.15) is 44.8 Å². The molecular formula is C22H19ClN2O4. The lowest BCUT2D eigenvalue weighted by atomic mass is 10.1. The van der Waals surface area contributed by atoms with Crippen molar-refractivity contribution in [2.45, 2.75) is 19.9 Å². The summed E-state index contributed by atoms with van der Waals surface area (Å²) in [6.45, 7) is 3.74. The molecule has 1 amide bonds. The first-order chi connectivity index (χ1) is 13.8. The predicted molar refractivity (Wildman–Crippen MR) is 110 cm³/mol. The SMILES string of the molecule is Cc1cccc(Oc2ncc(Cl)cc2C(=O)NC(C)c2ccc(C(=O)O)cc2)c1. The van der Waals surface area contributed by atoms with Crippen LogP contribution in [0.25, 0.3) is 0 Å². The van der Waals surface area contributed by atoms with E-state index in [0.717, 1.165) is 11.1 Å². The molecule has 1 aromatic heterocycles. The molecule has 3 rings (SSSR count). The van der Waals surface area contributed by atoms with E-state index in [-0.39, 0.29) is 23.0 Å². The molecule has 1 heterocycles. The molecule has 0 saturated carbocycles. The van der Waals surface area contributed by atoms with Crippen molar-refractivity contribution in [3.05, 3.63) is 88.1 Å². The molecule has 1 atom stereocenters. The fourth-order valence-electron chi connectivity index (χ4n) is 2.73. The fourth-order valence-corrected chi connectivity index (χ4v) is 2.89. The Morgan fingerprint density at radius 2 is 1.86 bits per heavy atom. The molecule has 2 N–H and O–H groups in total. The van der Waals surface area contributed by atoms with Gasteiger partial charge in [0.2, 0.25) is 5.88 Å². The molecule has 29 heavy (non-hydrogen) atoms. The van der Waals surface area contributed by atoms with Crippen molar-refractivity contribution in [1.82, 2.24) is 10.3 Å². The molecule has 0 radical (unpaired) electrons. The number of halogens is 1. The second-order valence-corrected chi connectivity index (χ2v) is 6.98. The Bertz CT molecular complexity index is 1050. The number of carboxylic acid groups (broad SMARTS) is 1. The van der Waals surface area contributed by atoms with Crippen LogP contribution in [0.4, 0.5) is 0 Å². The van der Waals surface area contributed by atoms with Crippen LogP contribution in [0.2, 0.25) is 5.02 Å². The van der Waals surface area contributed by atoms with Crippen LogP contribution >= 0.6 is 11.6 Å². The summed E-state index contributed by atoms with van der Waals surface area (Å²) in [6, 6.07) is 14.8. The smallest absolute Gasteiger partial charge is 0.335 e. The van der Waals surface area contributed by atoms with Crippen LogP contribution < -0.4 is 10.1 Å². The molecule has 0 aliphatic rings. The highest BCUT2D eigenvalue weighted by molar-refractivity contribution is 6.30. The fraction of sp³-hybridized carbons (Fsp3) is 0.136. The molecule has 0 saturated heterocycles. The van der Waals surface area contributed by atoms with Crippen LogP contribution in [0.15, 0.2) is 60.8 Å². The molecule has 7 heteroatoms. The molecular weight excluding hydrogens is 392 g/mol. The van der Waals surface area contributed by atoms with E-state index in [1.54, 1.807) is 25.1 Å². The summed E-state index contributed by atoms with van der Waals surface area (Å²) in [5.41, 5.74) is 2.16. The Balaban J connectivity index is 1.80. The molecule has 6 nitrogen and oxygen atoms in total. The van der Waals surface area contributed by atoms with E-state index in [9.17, 15) is 9.59 Å². The van der Waals surface area contributed by atoms with Crippen LogP contribution in [0.5, 0.6) is 11.6 Å². The number of rotatable bonds is 6. The third-order valence-electron chi connectivity index (χ3n) is 4.27. The molecule has 0 bridgehead atoms. The van der Waals surface area contributed by atoms with Crippen molar-refractivity contribution in [2.75, 3.05) is 0 Å². The van der Waals surface area contributed by atoms with Gasteiger partial charge in [0.15, 0.2) is 0 Å². The van der Waals surface area contributed by atoms with Gasteiger partial charge in [0.1, 0.15) is 11.3 Å². The van der Waals surface area contributed by atoms with Crippen LogP contribution in [0, 0.1) is 6.92 Å². The third kappa shape index (κ3) is 5.12. The van der Waals surface area contributed by atoms with Gasteiger partial charge < -0.3 is 15.2 Å². The Morgan fingerprint density at radius 1 is 1.14 bits per heavy atom. The highest BCUT2D eigenvalue weighted by Gasteiger charge is 2.19. The average Bonchev–Trinajstić information content (AvgIpc) is 2.69. The van der Waals surface area contributed by atoms with Crippen molar-refractivity contribution < 1.29 is 19.4 Å². The van der Waals surface area contributed by atoms with Crippen molar-refractivity contribution in [3.8, 4) is 11.6 Å². The molecule has 0 fully saturated rings. The second kappa shape index (κ2) is 8.75. The quantitative estimate of drug-likeness (QED) is 0.595. The third-order valence-corrected chi connectivity index (χ3v) is 4.48. The number of aromatic carboxylic acids is 1. The van der Waals surface area contributed by atoms with Crippen molar-refractivity contribution in [2.24, 2.45) is 0 Å². The number of aryl methyl sites for hydroxylation is 1. The number of ether oxygens (including phenoxy) is 1. The van der Waals surface area contributed by atoms with E-state index in [4.69, 9.17) is 21.4 Å². The van der Waals surface area contributed by atoms with Crippen molar-refractivity contribution >= 4 is 23.5 Å². The highest BCUT2D eigenvalue weighted by atomic mass is 35.5. The number of aromatic nitrogens is 1. The van der Waals surface area contributed by atoms with Gasteiger partial charge in [0, 0.05) is 6.20 Å². The molecule has 1 unspecified atom stereocenters. The summed E-state index contributed by atoms with van der Waals surface area (Å²) in [4.78, 5) is 28.0. The number of benzene rings is 2. The van der Waals surface area contributed by atoms with Gasteiger partial charge in [-0.1, -0.05) is 35.9 Å². The van der Waals surface area contributed by atoms with Crippen LogP contribution in [0.3, 0.4) is 0 Å². The maximum absolute atomic E-state index is 12.8. The Hall–Kier alpha value is -3.38. The monoisotopic (exact) mass is 410 g/mol. The Labute approximate surface area is 173 Å². The lowest BCUT2D eigenvalue weighted by Gasteiger charge is -2.16. The predicted octanol–water partition coefficient (Wildman–Crippen LogP) is 5.02. The van der Waals surface area contributed by atoms with Gasteiger partial charge in [0.05, 0.1) is 16.6 Å². The summed E-state index contributed by atoms with van der Waals surface area (Å²) in [6.07, 6.45) is 1.41. The molecule has 3 aromatic rings. The minimum atomic E-state index is -1.00. The lowest BCUT2D eigenvalue weighted by molar-refractivity contribution is 0.0696. The van der Waals surface area contributed by atoms with Gasteiger partial charge >= 0.3 is 5.97 Å². The van der Waals surface area contributed by atoms with Crippen LogP contribution in [-0.4, -0.2) is 22.0 Å². The van der Waals surface area contributed by atoms with E-state index in [1.807, 2.05) is 25.1 Å². The van der Waals surface area contributed by atoms with Gasteiger partial charge in [0.25, 0.3) is 5.91 Å². The maximum Gasteiger partial charge on any atom is 0.335 e. The van der Waals surface area contributed by atoms with Gasteiger partial charge in [-0.25, -0.2) is 9.78 Å². The number of pyridine rings is 1. The van der Waals surface area contributed by atoms with E-state index in [1.165, 1.54) is 24.4 Å². The number of carboxylic acids is 1. The topological polar surface area (TPSA) is 88.5 Å². The number of nitrogens with zero attached hydrogens (tertiary/aromatic N) is 1. The zero-order valence-electron chi connectivity index (χ0n) is 15.8. The molecule has 2 aromatic carbocycles. The largest absolute Gasteiger partial charge is 0.478 e. The Kier molecular flexibility index (Phi) is 6.14. The zero-order valence-corrected chi connectivity index (χ0v) is 16.6. The number of hydrogen-bond donors (Lipinski definition) is 2.